The van der Waals surface area contributed by atoms with E-state index in [2.05, 4.69) is 10.3 Å². The van der Waals surface area contributed by atoms with Crippen molar-refractivity contribution in [3.05, 3.63) is 23.8 Å². The number of anilines is 1. The van der Waals surface area contributed by atoms with Crippen molar-refractivity contribution in [1.82, 2.24) is 9.88 Å². The Hall–Kier alpha value is -2.29. The molecule has 2 heterocycles. The Balaban J connectivity index is 1.62. The zero-order valence-electron chi connectivity index (χ0n) is 11.3. The van der Waals surface area contributed by atoms with E-state index >= 15 is 0 Å². The molecular formula is C13H11F2N3O3S. The molecule has 0 spiro atoms. The summed E-state index contributed by atoms with van der Waals surface area (Å²) in [6, 6.07) is 2.02. The molecule has 2 aromatic rings. The summed E-state index contributed by atoms with van der Waals surface area (Å²) < 4.78 is 31.4. The van der Waals surface area contributed by atoms with Crippen LogP contribution in [0.4, 0.5) is 18.7 Å². The summed E-state index contributed by atoms with van der Waals surface area (Å²) in [4.78, 5) is 28.5. The number of aromatic nitrogens is 1. The predicted molar refractivity (Wildman–Crippen MR) is 75.7 cm³/mol. The zero-order valence-corrected chi connectivity index (χ0v) is 12.1. The van der Waals surface area contributed by atoms with E-state index in [0.717, 1.165) is 23.5 Å². The number of ether oxygens (including phenoxy) is 1. The largest absolute Gasteiger partial charge is 0.448 e. The van der Waals surface area contributed by atoms with E-state index in [4.69, 9.17) is 4.74 Å². The van der Waals surface area contributed by atoms with Crippen LogP contribution in [-0.2, 0) is 9.53 Å². The number of thiazole rings is 1. The molecule has 0 atom stereocenters. The molecule has 3 rings (SSSR count). The van der Waals surface area contributed by atoms with Gasteiger partial charge in [0.2, 0.25) is 5.91 Å². The van der Waals surface area contributed by atoms with E-state index in [0.29, 0.717) is 17.9 Å². The fraction of sp³-hybridized carbons (Fsp3) is 0.308. The van der Waals surface area contributed by atoms with E-state index in [-0.39, 0.29) is 29.5 Å². The van der Waals surface area contributed by atoms with E-state index in [1.54, 1.807) is 0 Å². The van der Waals surface area contributed by atoms with Gasteiger partial charge in [-0.15, -0.1) is 0 Å². The van der Waals surface area contributed by atoms with Crippen molar-refractivity contribution in [2.24, 2.45) is 0 Å². The molecule has 0 unspecified atom stereocenters. The summed E-state index contributed by atoms with van der Waals surface area (Å²) in [6.45, 7) is 1.04. The quantitative estimate of drug-likeness (QED) is 0.936. The molecule has 0 radical (unpaired) electrons. The van der Waals surface area contributed by atoms with E-state index in [1.807, 2.05) is 0 Å². The first-order chi connectivity index (χ1) is 10.5. The average molecular weight is 327 g/mol. The number of carbonyl (C=O) groups is 2. The second-order valence-electron chi connectivity index (χ2n) is 4.65. The van der Waals surface area contributed by atoms with E-state index < -0.39 is 17.7 Å². The lowest BCUT2D eigenvalue weighted by molar-refractivity contribution is -0.116. The molecule has 1 aromatic heterocycles. The smallest absolute Gasteiger partial charge is 0.409 e. The molecule has 0 aliphatic carbocycles. The van der Waals surface area contributed by atoms with Crippen molar-refractivity contribution in [2.45, 2.75) is 6.42 Å². The van der Waals surface area contributed by atoms with Crippen molar-refractivity contribution in [2.75, 3.05) is 25.0 Å². The first-order valence-electron chi connectivity index (χ1n) is 6.50. The average Bonchev–Trinajstić information content (AvgIpc) is 3.03. The second kappa shape index (κ2) is 5.84. The number of amides is 2. The van der Waals surface area contributed by atoms with Gasteiger partial charge in [-0.05, 0) is 6.07 Å². The van der Waals surface area contributed by atoms with Gasteiger partial charge in [-0.2, -0.15) is 0 Å². The van der Waals surface area contributed by atoms with Crippen LogP contribution in [0.25, 0.3) is 10.2 Å². The molecule has 1 aromatic carbocycles. The minimum atomic E-state index is -0.983. The Morgan fingerprint density at radius 3 is 2.91 bits per heavy atom. The van der Waals surface area contributed by atoms with Crippen LogP contribution in [0.2, 0.25) is 0 Å². The van der Waals surface area contributed by atoms with Crippen molar-refractivity contribution < 1.29 is 23.1 Å². The Morgan fingerprint density at radius 1 is 1.41 bits per heavy atom. The maximum Gasteiger partial charge on any atom is 0.409 e. The number of benzene rings is 1. The normalized spacial score (nSPS) is 14.5. The topological polar surface area (TPSA) is 71.5 Å². The third-order valence-corrected chi connectivity index (χ3v) is 4.06. The molecule has 116 valence electrons. The van der Waals surface area contributed by atoms with Crippen LogP contribution in [-0.4, -0.2) is 41.6 Å². The third-order valence-electron chi connectivity index (χ3n) is 3.13. The maximum atomic E-state index is 13.1. The van der Waals surface area contributed by atoms with Gasteiger partial charge in [0.1, 0.15) is 6.61 Å². The number of rotatable bonds is 4. The highest BCUT2D eigenvalue weighted by atomic mass is 32.1. The van der Waals surface area contributed by atoms with Gasteiger partial charge in [-0.3, -0.25) is 4.79 Å². The lowest BCUT2D eigenvalue weighted by Gasteiger charge is -2.11. The van der Waals surface area contributed by atoms with E-state index in [9.17, 15) is 18.4 Å². The summed E-state index contributed by atoms with van der Waals surface area (Å²) in [5, 5.41) is 2.81. The molecule has 6 nitrogen and oxygen atoms in total. The van der Waals surface area contributed by atoms with Crippen LogP contribution in [0.15, 0.2) is 12.1 Å². The number of halogens is 2. The highest BCUT2D eigenvalue weighted by Crippen LogP contribution is 2.27. The van der Waals surface area contributed by atoms with Gasteiger partial charge in [-0.1, -0.05) is 11.3 Å². The molecular weight excluding hydrogens is 316 g/mol. The number of nitrogens with one attached hydrogen (secondary N) is 1. The highest BCUT2D eigenvalue weighted by molar-refractivity contribution is 7.22. The first kappa shape index (κ1) is 14.6. The number of carbonyl (C=O) groups excluding carboxylic acids is 2. The molecule has 2 amide bonds. The van der Waals surface area contributed by atoms with Gasteiger partial charge in [0.25, 0.3) is 0 Å². The molecule has 1 saturated heterocycles. The van der Waals surface area contributed by atoms with Crippen LogP contribution in [0.3, 0.4) is 0 Å². The van der Waals surface area contributed by atoms with Crippen LogP contribution in [0, 0.1) is 11.6 Å². The summed E-state index contributed by atoms with van der Waals surface area (Å²) in [5.74, 6) is -2.27. The van der Waals surface area contributed by atoms with Gasteiger partial charge < -0.3 is 15.0 Å². The van der Waals surface area contributed by atoms with Crippen LogP contribution in [0.1, 0.15) is 6.42 Å². The van der Waals surface area contributed by atoms with Crippen molar-refractivity contribution in [3.63, 3.8) is 0 Å². The first-order valence-corrected chi connectivity index (χ1v) is 7.32. The lowest BCUT2D eigenvalue weighted by Crippen LogP contribution is -2.28. The molecule has 0 saturated carbocycles. The van der Waals surface area contributed by atoms with Gasteiger partial charge in [0.05, 0.1) is 16.8 Å². The number of nitrogens with zero attached hydrogens (tertiary/aromatic N) is 2. The molecule has 1 aliphatic rings. The number of fused-ring (bicyclic) bond motifs is 1. The second-order valence-corrected chi connectivity index (χ2v) is 5.68. The Morgan fingerprint density at radius 2 is 2.18 bits per heavy atom. The molecule has 1 aliphatic heterocycles. The van der Waals surface area contributed by atoms with Gasteiger partial charge in [0.15, 0.2) is 16.8 Å². The van der Waals surface area contributed by atoms with Crippen molar-refractivity contribution >= 4 is 38.7 Å². The molecule has 9 heteroatoms. The summed E-state index contributed by atoms with van der Waals surface area (Å²) in [7, 11) is 0. The van der Waals surface area contributed by atoms with Crippen LogP contribution < -0.4 is 5.32 Å². The summed E-state index contributed by atoms with van der Waals surface area (Å²) in [6.07, 6.45) is -0.341. The Bertz CT molecular complexity index is 710. The van der Waals surface area contributed by atoms with Gasteiger partial charge in [0, 0.05) is 19.0 Å². The maximum absolute atomic E-state index is 13.1. The highest BCUT2D eigenvalue weighted by Gasteiger charge is 2.22. The number of hydrogen-bond donors (Lipinski definition) is 1. The van der Waals surface area contributed by atoms with Crippen molar-refractivity contribution in [1.29, 1.82) is 0 Å². The molecule has 0 bridgehead atoms. The minimum absolute atomic E-state index is 0.0910. The molecule has 1 fully saturated rings. The monoisotopic (exact) mass is 327 g/mol. The fourth-order valence-corrected chi connectivity index (χ4v) is 2.91. The fourth-order valence-electron chi connectivity index (χ4n) is 2.02. The predicted octanol–water partition coefficient (Wildman–Crippen LogP) is 2.36. The SMILES string of the molecule is O=C(CCN1CCOC1=O)Nc1nc2cc(F)c(F)cc2s1. The Kier molecular flexibility index (Phi) is 3.88. The third kappa shape index (κ3) is 2.98. The van der Waals surface area contributed by atoms with Gasteiger partial charge in [-0.25, -0.2) is 18.6 Å². The molecule has 22 heavy (non-hydrogen) atoms. The number of hydrogen-bond acceptors (Lipinski definition) is 5. The number of cyclic esters (lactones) is 1. The molecule has 1 N–H and O–H groups in total. The standard InChI is InChI=1S/C13H11F2N3O3S/c14-7-5-9-10(6-8(7)15)22-12(16-9)17-11(19)1-2-18-3-4-21-13(18)20/h5-6H,1-4H2,(H,16,17,19). The van der Waals surface area contributed by atoms with Crippen LogP contribution in [0.5, 0.6) is 0 Å². The summed E-state index contributed by atoms with van der Waals surface area (Å²) in [5.41, 5.74) is 0.280. The van der Waals surface area contributed by atoms with Gasteiger partial charge >= 0.3 is 6.09 Å². The van der Waals surface area contributed by atoms with Crippen LogP contribution >= 0.6 is 11.3 Å². The minimum Gasteiger partial charge on any atom is -0.448 e. The van der Waals surface area contributed by atoms with E-state index in [1.165, 1.54) is 4.90 Å². The Labute approximate surface area is 127 Å². The van der Waals surface area contributed by atoms with Crippen molar-refractivity contribution in [3.8, 4) is 0 Å². The summed E-state index contributed by atoms with van der Waals surface area (Å²) >= 11 is 1.05. The lowest BCUT2D eigenvalue weighted by atomic mass is 10.3. The zero-order chi connectivity index (χ0) is 15.7.